The predicted molar refractivity (Wildman–Crippen MR) is 72.5 cm³/mol. The first-order valence-electron chi connectivity index (χ1n) is 6.34. The molecule has 0 aliphatic carbocycles. The fourth-order valence-electron chi connectivity index (χ4n) is 1.91. The Kier molecular flexibility index (Phi) is 4.92. The molecule has 0 bridgehead atoms. The highest BCUT2D eigenvalue weighted by atomic mass is 35.5. The lowest BCUT2D eigenvalue weighted by molar-refractivity contribution is -0.145. The molecule has 9 heteroatoms. The molecule has 0 radical (unpaired) electrons. The molecule has 1 aromatic rings. The molecule has 0 aromatic heterocycles. The van der Waals surface area contributed by atoms with E-state index in [1.807, 2.05) is 0 Å². The van der Waals surface area contributed by atoms with Crippen LogP contribution in [0.2, 0.25) is 5.02 Å². The third-order valence-corrected chi connectivity index (χ3v) is 3.35. The Morgan fingerprint density at radius 1 is 1.23 bits per heavy atom. The van der Waals surface area contributed by atoms with Crippen LogP contribution in [0.5, 0.6) is 0 Å². The summed E-state index contributed by atoms with van der Waals surface area (Å²) in [5.74, 6) is -1.82. The molecule has 1 aliphatic rings. The second-order valence-electron chi connectivity index (χ2n) is 4.55. The Morgan fingerprint density at radius 2 is 1.86 bits per heavy atom. The van der Waals surface area contributed by atoms with E-state index in [-0.39, 0.29) is 18.8 Å². The second kappa shape index (κ2) is 6.53. The molecule has 120 valence electrons. The summed E-state index contributed by atoms with van der Waals surface area (Å²) >= 11 is 5.48. The third kappa shape index (κ3) is 3.89. The molecule has 1 saturated heterocycles. The smallest absolute Gasteiger partial charge is 0.378 e. The van der Waals surface area contributed by atoms with Crippen molar-refractivity contribution in [1.29, 1.82) is 0 Å². The molecular formula is C13H12ClF3N2O3. The minimum atomic E-state index is -4.65. The van der Waals surface area contributed by atoms with Gasteiger partial charge in [-0.2, -0.15) is 13.2 Å². The van der Waals surface area contributed by atoms with Crippen LogP contribution in [0.3, 0.4) is 0 Å². The molecule has 5 nitrogen and oxygen atoms in total. The molecule has 0 saturated carbocycles. The number of nitrogens with one attached hydrogen (secondary N) is 1. The Hall–Kier alpha value is -1.80. The Morgan fingerprint density at radius 3 is 2.45 bits per heavy atom. The van der Waals surface area contributed by atoms with Gasteiger partial charge in [0.05, 0.1) is 23.8 Å². The van der Waals surface area contributed by atoms with Gasteiger partial charge in [-0.25, -0.2) is 0 Å². The van der Waals surface area contributed by atoms with Crippen molar-refractivity contribution in [2.75, 3.05) is 31.6 Å². The molecule has 0 spiro atoms. The van der Waals surface area contributed by atoms with E-state index in [9.17, 15) is 22.8 Å². The van der Waals surface area contributed by atoms with Gasteiger partial charge < -0.3 is 15.0 Å². The summed E-state index contributed by atoms with van der Waals surface area (Å²) in [5.41, 5.74) is -1.23. The topological polar surface area (TPSA) is 58.6 Å². The molecule has 1 fully saturated rings. The number of benzene rings is 1. The lowest BCUT2D eigenvalue weighted by atomic mass is 10.2. The number of morpholine rings is 1. The fraction of sp³-hybridized carbons (Fsp3) is 0.385. The first-order valence-corrected chi connectivity index (χ1v) is 6.71. The van der Waals surface area contributed by atoms with Crippen molar-refractivity contribution in [3.05, 3.63) is 28.8 Å². The summed E-state index contributed by atoms with van der Waals surface area (Å²) in [6, 6.07) is 2.90. The molecular weight excluding hydrogens is 325 g/mol. The van der Waals surface area contributed by atoms with E-state index >= 15 is 0 Å². The number of hydrogen-bond acceptors (Lipinski definition) is 3. The maximum atomic E-state index is 12.7. The minimum Gasteiger partial charge on any atom is -0.378 e. The number of ether oxygens (including phenoxy) is 1. The van der Waals surface area contributed by atoms with Crippen LogP contribution in [0.25, 0.3) is 0 Å². The first-order chi connectivity index (χ1) is 10.3. The number of hydrogen-bond donors (Lipinski definition) is 1. The molecule has 2 rings (SSSR count). The van der Waals surface area contributed by atoms with Crippen molar-refractivity contribution in [3.8, 4) is 0 Å². The second-order valence-corrected chi connectivity index (χ2v) is 4.96. The highest BCUT2D eigenvalue weighted by molar-refractivity contribution is 6.39. The average molecular weight is 337 g/mol. The van der Waals surface area contributed by atoms with Gasteiger partial charge in [0.2, 0.25) is 0 Å². The molecule has 2 amide bonds. The number of alkyl halides is 3. The molecule has 0 unspecified atom stereocenters. The van der Waals surface area contributed by atoms with E-state index in [0.717, 1.165) is 6.07 Å². The largest absolute Gasteiger partial charge is 0.417 e. The van der Waals surface area contributed by atoms with Crippen LogP contribution < -0.4 is 5.32 Å². The number of halogens is 4. The fourth-order valence-corrected chi connectivity index (χ4v) is 2.14. The van der Waals surface area contributed by atoms with Gasteiger partial charge in [-0.3, -0.25) is 9.59 Å². The number of carbonyl (C=O) groups excluding carboxylic acids is 2. The molecule has 1 heterocycles. The lowest BCUT2D eigenvalue weighted by Gasteiger charge is -2.26. The van der Waals surface area contributed by atoms with Crippen LogP contribution in [0, 0.1) is 0 Å². The Bertz CT molecular complexity index is 586. The maximum Gasteiger partial charge on any atom is 0.417 e. The van der Waals surface area contributed by atoms with Crippen LogP contribution in [0.4, 0.5) is 18.9 Å². The molecule has 22 heavy (non-hydrogen) atoms. The van der Waals surface area contributed by atoms with Gasteiger partial charge in [-0.1, -0.05) is 11.6 Å². The van der Waals surface area contributed by atoms with Crippen LogP contribution >= 0.6 is 11.6 Å². The van der Waals surface area contributed by atoms with Crippen LogP contribution in [0.15, 0.2) is 18.2 Å². The number of amides is 2. The highest BCUT2D eigenvalue weighted by Crippen LogP contribution is 2.36. The van der Waals surface area contributed by atoms with Gasteiger partial charge >= 0.3 is 18.0 Å². The van der Waals surface area contributed by atoms with Gasteiger partial charge in [0, 0.05) is 18.8 Å². The van der Waals surface area contributed by atoms with Crippen molar-refractivity contribution in [2.24, 2.45) is 0 Å². The summed E-state index contributed by atoms with van der Waals surface area (Å²) in [6.45, 7) is 1.16. The first kappa shape index (κ1) is 16.6. The summed E-state index contributed by atoms with van der Waals surface area (Å²) < 4.78 is 43.2. The van der Waals surface area contributed by atoms with Crippen molar-refractivity contribution in [3.63, 3.8) is 0 Å². The monoisotopic (exact) mass is 336 g/mol. The lowest BCUT2D eigenvalue weighted by Crippen LogP contribution is -2.45. The molecule has 1 N–H and O–H groups in total. The van der Waals surface area contributed by atoms with E-state index in [0.29, 0.717) is 19.3 Å². The van der Waals surface area contributed by atoms with Crippen molar-refractivity contribution >= 4 is 29.1 Å². The summed E-state index contributed by atoms with van der Waals surface area (Å²) in [6.07, 6.45) is -4.65. The van der Waals surface area contributed by atoms with Crippen LogP contribution in [-0.4, -0.2) is 43.0 Å². The van der Waals surface area contributed by atoms with E-state index in [2.05, 4.69) is 5.32 Å². The van der Waals surface area contributed by atoms with Crippen LogP contribution in [-0.2, 0) is 20.5 Å². The zero-order valence-electron chi connectivity index (χ0n) is 11.2. The highest BCUT2D eigenvalue weighted by Gasteiger charge is 2.33. The Balaban J connectivity index is 2.10. The van der Waals surface area contributed by atoms with Gasteiger partial charge in [0.25, 0.3) is 0 Å². The average Bonchev–Trinajstić information content (AvgIpc) is 2.48. The number of rotatable bonds is 1. The number of nitrogens with zero attached hydrogens (tertiary/aromatic N) is 1. The van der Waals surface area contributed by atoms with E-state index < -0.39 is 28.6 Å². The van der Waals surface area contributed by atoms with Gasteiger partial charge in [-0.05, 0) is 18.2 Å². The number of carbonyl (C=O) groups is 2. The van der Waals surface area contributed by atoms with Crippen molar-refractivity contribution in [2.45, 2.75) is 6.18 Å². The summed E-state index contributed by atoms with van der Waals surface area (Å²) in [5, 5.41) is 1.67. The van der Waals surface area contributed by atoms with Crippen molar-refractivity contribution in [1.82, 2.24) is 4.90 Å². The third-order valence-electron chi connectivity index (χ3n) is 3.02. The van der Waals surface area contributed by atoms with E-state index in [4.69, 9.17) is 16.3 Å². The van der Waals surface area contributed by atoms with E-state index in [1.54, 1.807) is 0 Å². The molecule has 1 aromatic carbocycles. The SMILES string of the molecule is O=C(Nc1ccc(Cl)c(C(F)(F)F)c1)C(=O)N1CCOCC1. The molecule has 1 aliphatic heterocycles. The Labute approximate surface area is 129 Å². The van der Waals surface area contributed by atoms with Crippen molar-refractivity contribution < 1.29 is 27.5 Å². The zero-order chi connectivity index (χ0) is 16.3. The zero-order valence-corrected chi connectivity index (χ0v) is 12.0. The minimum absolute atomic E-state index is 0.150. The number of anilines is 1. The van der Waals surface area contributed by atoms with E-state index in [1.165, 1.54) is 11.0 Å². The maximum absolute atomic E-state index is 12.7. The van der Waals surface area contributed by atoms with Gasteiger partial charge in [0.1, 0.15) is 0 Å². The summed E-state index contributed by atoms with van der Waals surface area (Å²) in [7, 11) is 0. The predicted octanol–water partition coefficient (Wildman–Crippen LogP) is 2.16. The van der Waals surface area contributed by atoms with Crippen LogP contribution in [0.1, 0.15) is 5.56 Å². The van der Waals surface area contributed by atoms with Gasteiger partial charge in [-0.15, -0.1) is 0 Å². The molecule has 0 atom stereocenters. The quantitative estimate of drug-likeness (QED) is 0.800. The van der Waals surface area contributed by atoms with Gasteiger partial charge in [0.15, 0.2) is 0 Å². The normalized spacial score (nSPS) is 15.5. The summed E-state index contributed by atoms with van der Waals surface area (Å²) in [4.78, 5) is 24.9. The standard InChI is InChI=1S/C13H12ClF3N2O3/c14-10-2-1-8(7-9(10)13(15,16)17)18-11(20)12(21)19-3-5-22-6-4-19/h1-2,7H,3-6H2,(H,18,20).